The van der Waals surface area contributed by atoms with Gasteiger partial charge in [-0.05, 0) is 6.54 Å². The molecule has 0 saturated carbocycles. The lowest BCUT2D eigenvalue weighted by molar-refractivity contribution is -0.146. The van der Waals surface area contributed by atoms with E-state index in [0.29, 0.717) is 11.5 Å². The van der Waals surface area contributed by atoms with E-state index in [2.05, 4.69) is 15.4 Å². The maximum atomic E-state index is 12.2. The Labute approximate surface area is 96.8 Å². The van der Waals surface area contributed by atoms with E-state index in [1.807, 2.05) is 0 Å². The molecule has 96 valence electrons. The van der Waals surface area contributed by atoms with Gasteiger partial charge < -0.3 is 5.43 Å². The number of hydrazine groups is 1. The molecule has 0 aliphatic rings. The quantitative estimate of drug-likeness (QED) is 0.605. The average Bonchev–Trinajstić information content (AvgIpc) is 2.27. The minimum absolute atomic E-state index is 0.105. The first kappa shape index (κ1) is 13.7. The van der Waals surface area contributed by atoms with Gasteiger partial charge in [-0.3, -0.25) is 9.88 Å². The Hall–Kier alpha value is -1.41. The van der Waals surface area contributed by atoms with Crippen LogP contribution in [0.2, 0.25) is 0 Å². The Balaban J connectivity index is 2.61. The molecule has 0 aliphatic carbocycles. The fraction of sp³-hybridized carbons (Fsp3) is 0.556. The highest BCUT2D eigenvalue weighted by atomic mass is 19.4. The molecule has 0 bridgehead atoms. The topological polar surface area (TPSA) is 67.1 Å². The maximum absolute atomic E-state index is 12.2. The zero-order valence-electron chi connectivity index (χ0n) is 9.33. The lowest BCUT2D eigenvalue weighted by atomic mass is 10.3. The Morgan fingerprint density at radius 1 is 1.35 bits per heavy atom. The molecule has 0 atom stereocenters. The highest BCUT2D eigenvalue weighted by molar-refractivity contribution is 5.28. The molecule has 1 heterocycles. The fourth-order valence-electron chi connectivity index (χ4n) is 1.27. The molecule has 0 aliphatic heterocycles. The van der Waals surface area contributed by atoms with Crippen molar-refractivity contribution in [3.63, 3.8) is 0 Å². The summed E-state index contributed by atoms with van der Waals surface area (Å²) in [5.74, 6) is 5.47. The Morgan fingerprint density at radius 2 is 2.06 bits per heavy atom. The SMILES string of the molecule is CCN(Cc1cnc(NN)cn1)CC(F)(F)F. The first-order valence-electron chi connectivity index (χ1n) is 5.01. The van der Waals surface area contributed by atoms with E-state index in [4.69, 9.17) is 5.84 Å². The molecule has 1 rings (SSSR count). The average molecular weight is 249 g/mol. The summed E-state index contributed by atoms with van der Waals surface area (Å²) in [6.07, 6.45) is -1.44. The highest BCUT2D eigenvalue weighted by Gasteiger charge is 2.30. The number of alkyl halides is 3. The molecule has 0 aromatic carbocycles. The van der Waals surface area contributed by atoms with Crippen LogP contribution >= 0.6 is 0 Å². The largest absolute Gasteiger partial charge is 0.401 e. The van der Waals surface area contributed by atoms with Crippen LogP contribution in [-0.4, -0.2) is 34.1 Å². The number of halogens is 3. The normalized spacial score (nSPS) is 11.9. The van der Waals surface area contributed by atoms with Crippen molar-refractivity contribution in [3.05, 3.63) is 18.1 Å². The predicted octanol–water partition coefficient (Wildman–Crippen LogP) is 1.15. The summed E-state index contributed by atoms with van der Waals surface area (Å²) in [7, 11) is 0. The zero-order chi connectivity index (χ0) is 12.9. The molecule has 17 heavy (non-hydrogen) atoms. The van der Waals surface area contributed by atoms with E-state index in [9.17, 15) is 13.2 Å². The van der Waals surface area contributed by atoms with Crippen molar-refractivity contribution >= 4 is 5.82 Å². The van der Waals surface area contributed by atoms with E-state index in [1.165, 1.54) is 17.3 Å². The molecule has 0 spiro atoms. The van der Waals surface area contributed by atoms with Gasteiger partial charge in [0.15, 0.2) is 5.82 Å². The second-order valence-electron chi connectivity index (χ2n) is 3.46. The first-order valence-corrected chi connectivity index (χ1v) is 5.01. The number of nitrogens with two attached hydrogens (primary N) is 1. The molecule has 3 N–H and O–H groups in total. The second-order valence-corrected chi connectivity index (χ2v) is 3.46. The van der Waals surface area contributed by atoms with Crippen molar-refractivity contribution < 1.29 is 13.2 Å². The molecular formula is C9H14F3N5. The molecule has 8 heteroatoms. The number of nitrogens with one attached hydrogen (secondary N) is 1. The van der Waals surface area contributed by atoms with Crippen LogP contribution in [0.3, 0.4) is 0 Å². The van der Waals surface area contributed by atoms with Crippen LogP contribution in [0, 0.1) is 0 Å². The lowest BCUT2D eigenvalue weighted by Gasteiger charge is -2.21. The van der Waals surface area contributed by atoms with Crippen LogP contribution in [0.15, 0.2) is 12.4 Å². The van der Waals surface area contributed by atoms with Crippen LogP contribution in [0.25, 0.3) is 0 Å². The molecule has 5 nitrogen and oxygen atoms in total. The van der Waals surface area contributed by atoms with Crippen LogP contribution < -0.4 is 11.3 Å². The minimum atomic E-state index is -4.21. The maximum Gasteiger partial charge on any atom is 0.401 e. The van der Waals surface area contributed by atoms with Crippen LogP contribution in [0.4, 0.5) is 19.0 Å². The zero-order valence-corrected chi connectivity index (χ0v) is 9.33. The van der Waals surface area contributed by atoms with Gasteiger partial charge in [-0.1, -0.05) is 6.92 Å². The van der Waals surface area contributed by atoms with Crippen LogP contribution in [-0.2, 0) is 6.54 Å². The van der Waals surface area contributed by atoms with Gasteiger partial charge >= 0.3 is 6.18 Å². The third kappa shape index (κ3) is 4.96. The summed E-state index contributed by atoms with van der Waals surface area (Å²) < 4.78 is 36.6. The number of hydrogen-bond donors (Lipinski definition) is 2. The molecule has 1 aromatic heterocycles. The summed E-state index contributed by atoms with van der Waals surface area (Å²) in [5, 5.41) is 0. The molecule has 0 unspecified atom stereocenters. The molecule has 0 fully saturated rings. The number of nitrogen functional groups attached to an aromatic ring is 1. The van der Waals surface area contributed by atoms with Gasteiger partial charge in [0.05, 0.1) is 24.6 Å². The van der Waals surface area contributed by atoms with Crippen molar-refractivity contribution in [2.24, 2.45) is 5.84 Å². The molecule has 0 amide bonds. The van der Waals surface area contributed by atoms with E-state index < -0.39 is 12.7 Å². The standard InChI is InChI=1S/C9H14F3N5/c1-2-17(6-9(10,11)12)5-7-3-15-8(16-13)4-14-7/h3-4H,2,5-6,13H2,1H3,(H,15,16). The molecule has 1 aromatic rings. The summed E-state index contributed by atoms with van der Waals surface area (Å²) in [5.41, 5.74) is 2.76. The number of hydrogen-bond acceptors (Lipinski definition) is 5. The van der Waals surface area contributed by atoms with Crippen molar-refractivity contribution in [3.8, 4) is 0 Å². The Morgan fingerprint density at radius 3 is 2.47 bits per heavy atom. The third-order valence-corrected chi connectivity index (χ3v) is 2.09. The third-order valence-electron chi connectivity index (χ3n) is 2.09. The van der Waals surface area contributed by atoms with E-state index in [-0.39, 0.29) is 13.1 Å². The lowest BCUT2D eigenvalue weighted by Crippen LogP contribution is -2.33. The minimum Gasteiger partial charge on any atom is -0.307 e. The number of aromatic nitrogens is 2. The van der Waals surface area contributed by atoms with Gasteiger partial charge in [-0.15, -0.1) is 0 Å². The Bertz CT molecular complexity index is 337. The van der Waals surface area contributed by atoms with Gasteiger partial charge in [0, 0.05) is 6.54 Å². The summed E-state index contributed by atoms with van der Waals surface area (Å²) in [6, 6.07) is 0. The van der Waals surface area contributed by atoms with Gasteiger partial charge in [-0.25, -0.2) is 10.8 Å². The number of nitrogens with zero attached hydrogens (tertiary/aromatic N) is 3. The summed E-state index contributed by atoms with van der Waals surface area (Å²) >= 11 is 0. The van der Waals surface area contributed by atoms with Crippen molar-refractivity contribution in [1.29, 1.82) is 0 Å². The summed E-state index contributed by atoms with van der Waals surface area (Å²) in [6.45, 7) is 1.10. The van der Waals surface area contributed by atoms with Gasteiger partial charge in [0.25, 0.3) is 0 Å². The fourth-order valence-corrected chi connectivity index (χ4v) is 1.27. The van der Waals surface area contributed by atoms with Crippen molar-refractivity contribution in [2.45, 2.75) is 19.6 Å². The molecule has 0 saturated heterocycles. The second kappa shape index (κ2) is 5.78. The Kier molecular flexibility index (Phi) is 4.64. The summed E-state index contributed by atoms with van der Waals surface area (Å²) in [4.78, 5) is 9.06. The first-order chi connectivity index (χ1) is 7.94. The number of anilines is 1. The van der Waals surface area contributed by atoms with E-state index >= 15 is 0 Å². The monoisotopic (exact) mass is 249 g/mol. The van der Waals surface area contributed by atoms with E-state index in [1.54, 1.807) is 6.92 Å². The predicted molar refractivity (Wildman–Crippen MR) is 56.8 cm³/mol. The van der Waals surface area contributed by atoms with Crippen molar-refractivity contribution in [1.82, 2.24) is 14.9 Å². The smallest absolute Gasteiger partial charge is 0.307 e. The van der Waals surface area contributed by atoms with Gasteiger partial charge in [-0.2, -0.15) is 13.2 Å². The van der Waals surface area contributed by atoms with Gasteiger partial charge in [0.2, 0.25) is 0 Å². The number of rotatable bonds is 5. The molecule has 0 radical (unpaired) electrons. The van der Waals surface area contributed by atoms with Crippen molar-refractivity contribution in [2.75, 3.05) is 18.5 Å². The van der Waals surface area contributed by atoms with Gasteiger partial charge in [0.1, 0.15) is 0 Å². The highest BCUT2D eigenvalue weighted by Crippen LogP contribution is 2.17. The van der Waals surface area contributed by atoms with E-state index in [0.717, 1.165) is 0 Å². The molecular weight excluding hydrogens is 235 g/mol. The van der Waals surface area contributed by atoms with Crippen LogP contribution in [0.5, 0.6) is 0 Å². The van der Waals surface area contributed by atoms with Crippen LogP contribution in [0.1, 0.15) is 12.6 Å².